The van der Waals surface area contributed by atoms with Crippen molar-refractivity contribution in [2.24, 2.45) is 0 Å². The van der Waals surface area contributed by atoms with Crippen LogP contribution in [0.4, 0.5) is 0 Å². The monoisotopic (exact) mass is 204 g/mol. The highest BCUT2D eigenvalue weighted by Crippen LogP contribution is 2.18. The number of nitrogens with zero attached hydrogens (tertiary/aromatic N) is 4. The highest BCUT2D eigenvalue weighted by atomic mass is 35.5. The molecule has 0 unspecified atom stereocenters. The molecule has 1 aromatic heterocycles. The van der Waals surface area contributed by atoms with E-state index in [2.05, 4.69) is 16.3 Å². The zero-order chi connectivity index (χ0) is 9.97. The van der Waals surface area contributed by atoms with Crippen LogP contribution in [0.2, 0.25) is 5.02 Å². The van der Waals surface area contributed by atoms with Gasteiger partial charge in [0.25, 0.3) is 0 Å². The Kier molecular flexibility index (Phi) is 2.17. The van der Waals surface area contributed by atoms with Crippen molar-refractivity contribution in [1.82, 2.24) is 14.8 Å². The standard InChI is InChI=1S/C9H5ClN4/c10-8-1-2-9(7(3-8)4-11)14-5-12-13-6-14/h1-3,5-6H. The number of hydrogen-bond acceptors (Lipinski definition) is 3. The minimum Gasteiger partial charge on any atom is -0.287 e. The fraction of sp³-hybridized carbons (Fsp3) is 0. The first-order valence-electron chi connectivity index (χ1n) is 3.86. The predicted octanol–water partition coefficient (Wildman–Crippen LogP) is 1.79. The van der Waals surface area contributed by atoms with E-state index in [1.807, 2.05) is 0 Å². The molecular weight excluding hydrogens is 200 g/mol. The van der Waals surface area contributed by atoms with Gasteiger partial charge in [-0.15, -0.1) is 10.2 Å². The van der Waals surface area contributed by atoms with Crippen LogP contribution in [0.1, 0.15) is 5.56 Å². The van der Waals surface area contributed by atoms with Crippen molar-refractivity contribution in [2.45, 2.75) is 0 Å². The van der Waals surface area contributed by atoms with E-state index < -0.39 is 0 Å². The summed E-state index contributed by atoms with van der Waals surface area (Å²) in [6, 6.07) is 7.15. The van der Waals surface area contributed by atoms with Gasteiger partial charge in [-0.05, 0) is 18.2 Å². The van der Waals surface area contributed by atoms with Crippen molar-refractivity contribution < 1.29 is 0 Å². The van der Waals surface area contributed by atoms with E-state index >= 15 is 0 Å². The van der Waals surface area contributed by atoms with Crippen LogP contribution in [0.3, 0.4) is 0 Å². The van der Waals surface area contributed by atoms with Crippen molar-refractivity contribution in [1.29, 1.82) is 5.26 Å². The third-order valence-electron chi connectivity index (χ3n) is 1.78. The van der Waals surface area contributed by atoms with E-state index in [1.165, 1.54) is 12.7 Å². The van der Waals surface area contributed by atoms with Crippen LogP contribution >= 0.6 is 11.6 Å². The lowest BCUT2D eigenvalue weighted by Crippen LogP contribution is -1.93. The van der Waals surface area contributed by atoms with Crippen molar-refractivity contribution in [3.8, 4) is 11.8 Å². The Morgan fingerprint density at radius 3 is 2.64 bits per heavy atom. The normalized spacial score (nSPS) is 9.71. The molecule has 2 aromatic rings. The number of rotatable bonds is 1. The molecule has 0 atom stereocenters. The number of nitriles is 1. The third kappa shape index (κ3) is 1.45. The summed E-state index contributed by atoms with van der Waals surface area (Å²) in [5.74, 6) is 0. The van der Waals surface area contributed by atoms with Gasteiger partial charge in [0.05, 0.1) is 11.3 Å². The molecule has 0 aliphatic rings. The van der Waals surface area contributed by atoms with Crippen molar-refractivity contribution >= 4 is 11.6 Å². The Morgan fingerprint density at radius 1 is 1.29 bits per heavy atom. The molecule has 0 radical (unpaired) electrons. The number of hydrogen-bond donors (Lipinski definition) is 0. The zero-order valence-corrected chi connectivity index (χ0v) is 7.81. The van der Waals surface area contributed by atoms with Gasteiger partial charge >= 0.3 is 0 Å². The van der Waals surface area contributed by atoms with Crippen LogP contribution in [-0.2, 0) is 0 Å². The van der Waals surface area contributed by atoms with Crippen LogP contribution < -0.4 is 0 Å². The Morgan fingerprint density at radius 2 is 2.00 bits per heavy atom. The second-order valence-electron chi connectivity index (χ2n) is 2.64. The molecule has 0 amide bonds. The fourth-order valence-corrected chi connectivity index (χ4v) is 1.32. The minimum atomic E-state index is 0.498. The molecule has 0 saturated heterocycles. The molecular formula is C9H5ClN4. The van der Waals surface area contributed by atoms with Gasteiger partial charge in [-0.2, -0.15) is 5.26 Å². The Labute approximate surface area is 85.4 Å². The average Bonchev–Trinajstić information content (AvgIpc) is 2.70. The van der Waals surface area contributed by atoms with E-state index in [4.69, 9.17) is 16.9 Å². The van der Waals surface area contributed by atoms with Crippen molar-refractivity contribution in [3.05, 3.63) is 41.4 Å². The van der Waals surface area contributed by atoms with Gasteiger partial charge in [0.2, 0.25) is 0 Å². The largest absolute Gasteiger partial charge is 0.287 e. The first-order chi connectivity index (χ1) is 6.81. The lowest BCUT2D eigenvalue weighted by molar-refractivity contribution is 1.05. The lowest BCUT2D eigenvalue weighted by Gasteiger charge is -2.03. The summed E-state index contributed by atoms with van der Waals surface area (Å²) in [4.78, 5) is 0. The quantitative estimate of drug-likeness (QED) is 0.712. The van der Waals surface area contributed by atoms with Gasteiger partial charge in [0.1, 0.15) is 18.7 Å². The SMILES string of the molecule is N#Cc1cc(Cl)ccc1-n1cnnc1. The summed E-state index contributed by atoms with van der Waals surface area (Å²) < 4.78 is 1.66. The van der Waals surface area contributed by atoms with Crippen molar-refractivity contribution in [2.75, 3.05) is 0 Å². The van der Waals surface area contributed by atoms with Gasteiger partial charge in [-0.3, -0.25) is 4.57 Å². The van der Waals surface area contributed by atoms with Gasteiger partial charge in [0.15, 0.2) is 0 Å². The summed E-state index contributed by atoms with van der Waals surface area (Å²) in [7, 11) is 0. The maximum absolute atomic E-state index is 8.88. The van der Waals surface area contributed by atoms with Crippen molar-refractivity contribution in [3.63, 3.8) is 0 Å². The molecule has 4 nitrogen and oxygen atoms in total. The molecule has 0 saturated carbocycles. The zero-order valence-electron chi connectivity index (χ0n) is 7.05. The van der Waals surface area contributed by atoms with E-state index in [0.29, 0.717) is 10.6 Å². The topological polar surface area (TPSA) is 54.5 Å². The molecule has 1 aromatic carbocycles. The van der Waals surface area contributed by atoms with Gasteiger partial charge in [-0.1, -0.05) is 11.6 Å². The summed E-state index contributed by atoms with van der Waals surface area (Å²) in [5.41, 5.74) is 1.22. The maximum atomic E-state index is 8.88. The number of aromatic nitrogens is 3. The highest BCUT2D eigenvalue weighted by Gasteiger charge is 2.04. The summed E-state index contributed by atoms with van der Waals surface area (Å²) in [5, 5.41) is 16.8. The molecule has 1 heterocycles. The van der Waals surface area contributed by atoms with Gasteiger partial charge in [-0.25, -0.2) is 0 Å². The van der Waals surface area contributed by atoms with E-state index in [0.717, 1.165) is 5.69 Å². The first-order valence-corrected chi connectivity index (χ1v) is 4.23. The summed E-state index contributed by atoms with van der Waals surface area (Å²) >= 11 is 5.77. The van der Waals surface area contributed by atoms with E-state index in [-0.39, 0.29) is 0 Å². The van der Waals surface area contributed by atoms with E-state index in [1.54, 1.807) is 22.8 Å². The minimum absolute atomic E-state index is 0.498. The molecule has 68 valence electrons. The maximum Gasteiger partial charge on any atom is 0.123 e. The van der Waals surface area contributed by atoms with Crippen LogP contribution in [0.15, 0.2) is 30.9 Å². The molecule has 0 N–H and O–H groups in total. The summed E-state index contributed by atoms with van der Waals surface area (Å²) in [6.45, 7) is 0. The molecule has 0 aliphatic carbocycles. The molecule has 0 aliphatic heterocycles. The predicted molar refractivity (Wildman–Crippen MR) is 51.1 cm³/mol. The van der Waals surface area contributed by atoms with E-state index in [9.17, 15) is 0 Å². The Balaban J connectivity index is 2.60. The summed E-state index contributed by atoms with van der Waals surface area (Å²) in [6.07, 6.45) is 3.06. The fourth-order valence-electron chi connectivity index (χ4n) is 1.15. The molecule has 2 rings (SSSR count). The smallest absolute Gasteiger partial charge is 0.123 e. The van der Waals surface area contributed by atoms with Crippen LogP contribution in [0.5, 0.6) is 0 Å². The van der Waals surface area contributed by atoms with Crippen LogP contribution in [0.25, 0.3) is 5.69 Å². The molecule has 14 heavy (non-hydrogen) atoms. The molecule has 5 heteroatoms. The molecule has 0 spiro atoms. The Bertz CT molecular complexity index is 484. The lowest BCUT2D eigenvalue weighted by atomic mass is 10.2. The second kappa shape index (κ2) is 3.48. The van der Waals surface area contributed by atoms with Crippen LogP contribution in [0, 0.1) is 11.3 Å². The van der Waals surface area contributed by atoms with Gasteiger partial charge < -0.3 is 0 Å². The third-order valence-corrected chi connectivity index (χ3v) is 2.01. The molecule has 0 bridgehead atoms. The Hall–Kier alpha value is -1.86. The second-order valence-corrected chi connectivity index (χ2v) is 3.08. The number of halogens is 1. The number of benzene rings is 1. The first kappa shape index (κ1) is 8.73. The molecule has 0 fully saturated rings. The van der Waals surface area contributed by atoms with Crippen LogP contribution in [-0.4, -0.2) is 14.8 Å². The van der Waals surface area contributed by atoms with Gasteiger partial charge in [0, 0.05) is 5.02 Å². The highest BCUT2D eigenvalue weighted by molar-refractivity contribution is 6.30. The average molecular weight is 205 g/mol.